The first-order chi connectivity index (χ1) is 68.7. The number of rotatable bonds is 24. The Morgan fingerprint density at radius 3 is 1.14 bits per heavy atom. The second-order valence-corrected chi connectivity index (χ2v) is 34.0. The molecule has 12 heterocycles. The van der Waals surface area contributed by atoms with Gasteiger partial charge >= 0.3 is 0 Å². The summed E-state index contributed by atoms with van der Waals surface area (Å²) in [6.45, 7) is -20.0. The van der Waals surface area contributed by atoms with Crippen LogP contribution in [0.2, 0.25) is 21.5 Å². The molecule has 12 aromatic rings. The van der Waals surface area contributed by atoms with Crippen molar-refractivity contribution in [1.82, 2.24) is 20.6 Å². The van der Waals surface area contributed by atoms with Gasteiger partial charge in [-0.15, -0.1) is 45.3 Å². The minimum Gasteiger partial charge on any atom is -0.454 e. The van der Waals surface area contributed by atoms with Crippen LogP contribution in [-0.4, -0.2) is 105 Å². The van der Waals surface area contributed by atoms with Gasteiger partial charge in [-0.3, -0.25) is 19.2 Å². The predicted octanol–water partition coefficient (Wildman–Crippen LogP) is 15.8. The standard InChI is InChI=1S/4C18H15ClN2O6S2/c4*1-9-5-13-14(26-8-25-13)7-11(9)6-12(22)17-15(3-4-28-17)29(23,24)21-18-16(19)10(2)20-27-18/h4*3-5,7,21H,6,8H2,1-2H3/i1D3,2D3,5D,6D2,7D,8D2;1D3,2D3,5D,6D2,7D,8D;1D3,2D3,5D,6D2,7D;/hD. The first kappa shape index (κ1) is 50.4. The van der Waals surface area contributed by atoms with Crippen molar-refractivity contribution in [2.45, 2.75) is 100 Å². The summed E-state index contributed by atoms with van der Waals surface area (Å²) in [6, 6.07) is 1.77. The summed E-state index contributed by atoms with van der Waals surface area (Å²) in [5.41, 5.74) is -6.93. The fourth-order valence-electron chi connectivity index (χ4n) is 9.45. The van der Waals surface area contributed by atoms with Gasteiger partial charge in [-0.2, -0.15) is 0 Å². The summed E-state index contributed by atoms with van der Waals surface area (Å²) in [5.74, 6) is -10.5. The molecule has 4 aliphatic heterocycles. The Labute approximate surface area is 744 Å². The van der Waals surface area contributed by atoms with Crippen LogP contribution in [0.3, 0.4) is 0 Å². The summed E-state index contributed by atoms with van der Waals surface area (Å²) in [7, 11) is -18.8. The number of Topliss-reactive ketones (excluding diaryl/α,β-unsaturated/α-hetero) is 4. The van der Waals surface area contributed by atoms with Gasteiger partial charge in [-0.25, -0.2) is 52.6 Å². The minimum absolute atomic E-state index is 0.0108. The van der Waals surface area contributed by atoms with E-state index in [0.29, 0.717) is 51.1 Å². The van der Waals surface area contributed by atoms with E-state index in [2.05, 4.69) is 29.7 Å². The molecule has 32 nitrogen and oxygen atoms in total. The Morgan fingerprint density at radius 2 is 0.750 bits per heavy atom. The number of hydrogen-bond acceptors (Lipinski definition) is 32. The Hall–Kier alpha value is -10.2. The molecule has 0 spiro atoms. The first-order valence-corrected chi connectivity index (χ1v) is 41.6. The molecule has 0 fully saturated rings. The van der Waals surface area contributed by atoms with Crippen LogP contribution in [0, 0.1) is 55.0 Å². The lowest BCUT2D eigenvalue weighted by Crippen LogP contribution is -2.16. The number of aromatic nitrogens is 4. The Bertz CT molecular complexity index is 8000. The van der Waals surface area contributed by atoms with Crippen LogP contribution in [0.15, 0.2) is 132 Å². The van der Waals surface area contributed by atoms with Gasteiger partial charge < -0.3 is 56.0 Å². The topological polar surface area (TPSA) is 431 Å². The fourth-order valence-corrected chi connectivity index (χ4v) is 19.4. The molecule has 0 bridgehead atoms. The lowest BCUT2D eigenvalue weighted by atomic mass is 10.0. The Morgan fingerprint density at radius 1 is 0.422 bits per heavy atom. The van der Waals surface area contributed by atoms with Gasteiger partial charge in [0.1, 0.15) is 66.6 Å². The van der Waals surface area contributed by atoms with Crippen molar-refractivity contribution in [3.63, 3.8) is 0 Å². The van der Waals surface area contributed by atoms with Gasteiger partial charge in [0.25, 0.3) is 63.6 Å². The number of fused-ring (bicyclic) bond motifs is 4. The van der Waals surface area contributed by atoms with E-state index in [1.165, 1.54) is 18.4 Å². The van der Waals surface area contributed by atoms with Crippen molar-refractivity contribution in [2.75, 3.05) is 46.0 Å². The van der Waals surface area contributed by atoms with Gasteiger partial charge in [0.2, 0.25) is 27.1 Å². The van der Waals surface area contributed by atoms with Crippen LogP contribution >= 0.6 is 91.8 Å². The van der Waals surface area contributed by atoms with Gasteiger partial charge in [0.15, 0.2) is 70.5 Å². The SMILES string of the molecule is [2H]N(c1onc(C)c1Cl)S(=O)(=O)c1ccsc1C(=O)Cc1cc2c(cc1C)OCO2.[2H]c1c2c(c([2H])c(C([2H])([2H])C(=O)c3sccc3S(=O)(=O)Nc3onc(C([2H])([2H])[2H])c3Cl)c1C([2H])([2H])[2H])OC([2H])([2H])O2.[2H]c1c2c(c([2H])c(C([2H])([2H])C(=O)c3sccc3S(=O)(=O)Nc3onc(C([2H])([2H])[2H])c3Cl)c1C([2H])([2H])[2H])OC([2H])O2.[2H]c1c2c(c([2H])c(C([2H])([2H])C(=O)c3sccc3S(=O)(=O)Nc3onc(C([2H])([2H])[2H])c3Cl)c1C([2H])([2H])[2H])OCO2. The third-order valence-corrected chi connectivity index (χ3v) is 25.9. The van der Waals surface area contributed by atoms with E-state index in [9.17, 15) is 52.8 Å². The quantitative estimate of drug-likeness (QED) is 0.0408. The van der Waals surface area contributed by atoms with Gasteiger partial charge in [-0.05, 0) is 194 Å². The van der Waals surface area contributed by atoms with Crippen molar-refractivity contribution in [2.24, 2.45) is 0 Å². The van der Waals surface area contributed by atoms with Gasteiger partial charge in [0.05, 0.1) is 27.7 Å². The normalized spacial score (nSPS) is 19.3. The summed E-state index contributed by atoms with van der Waals surface area (Å²) >= 11 is 26.0. The number of nitrogens with one attached hydrogen (secondary N) is 4. The van der Waals surface area contributed by atoms with Crippen LogP contribution < -0.4 is 56.8 Å². The second kappa shape index (κ2) is 34.1. The highest BCUT2D eigenvalue weighted by atomic mass is 35.5. The van der Waals surface area contributed by atoms with Crippen molar-refractivity contribution < 1.29 is 155 Å². The fraction of sp³-hybridized carbons (Fsp3) is 0.222. The highest BCUT2D eigenvalue weighted by molar-refractivity contribution is 7.94. The minimum atomic E-state index is -4.84. The molecule has 16 rings (SSSR count). The molecule has 0 saturated carbocycles. The molecule has 0 amide bonds. The van der Waals surface area contributed by atoms with Crippen LogP contribution in [0.4, 0.5) is 23.5 Å². The maximum absolute atomic E-state index is 13.6. The molecule has 8 aromatic heterocycles. The lowest BCUT2D eigenvalue weighted by molar-refractivity contribution is 0.0985. The van der Waals surface area contributed by atoms with Crippen LogP contribution in [-0.2, 0) is 65.6 Å². The van der Waals surface area contributed by atoms with E-state index in [4.69, 9.17) is 140 Å². The first-order valence-electron chi connectivity index (χ1n) is 47.7. The molecular formula is C72H60Cl4N8O24S8. The third-order valence-electron chi connectivity index (χ3n) is 14.8. The number of hydrogen-bond donors (Lipinski definition) is 4. The highest BCUT2D eigenvalue weighted by Crippen LogP contribution is 2.42. The van der Waals surface area contributed by atoms with E-state index < -0.39 is 333 Å². The number of halogens is 4. The average Bonchev–Trinajstić information content (AvgIpc) is 1.51. The molecule has 608 valence electrons. The largest absolute Gasteiger partial charge is 0.454 e. The van der Waals surface area contributed by atoms with E-state index in [0.717, 1.165) is 51.2 Å². The van der Waals surface area contributed by atoms with Crippen molar-refractivity contribution >= 4 is 179 Å². The zero-order chi connectivity index (χ0) is 112. The van der Waals surface area contributed by atoms with Crippen molar-refractivity contribution in [3.05, 3.63) is 201 Å². The Kier molecular flexibility index (Phi) is 14.8. The highest BCUT2D eigenvalue weighted by Gasteiger charge is 2.34. The number of thiophene rings is 4. The third kappa shape index (κ3) is 18.1. The second-order valence-electron chi connectivity index (χ2n) is 22.3. The molecule has 0 saturated heterocycles. The molecule has 1 atom stereocenters. The number of ketones is 4. The maximum Gasteiger partial charge on any atom is 0.265 e. The van der Waals surface area contributed by atoms with E-state index in [1.807, 2.05) is 21.1 Å². The molecular weight excluding hydrogens is 1760 g/mol. The molecule has 116 heavy (non-hydrogen) atoms. The van der Waals surface area contributed by atoms with Gasteiger partial charge in [0, 0.05) is 58.4 Å². The summed E-state index contributed by atoms with van der Waals surface area (Å²) in [4.78, 5) is 48.6. The molecule has 0 radical (unpaired) electrons. The molecule has 0 aliphatic carbocycles. The van der Waals surface area contributed by atoms with Crippen LogP contribution in [0.1, 0.15) is 151 Å². The lowest BCUT2D eigenvalue weighted by Gasteiger charge is -2.09. The van der Waals surface area contributed by atoms with Crippen molar-refractivity contribution in [3.8, 4) is 46.0 Å². The number of sulfonamides is 4. The smallest absolute Gasteiger partial charge is 0.265 e. The number of aryl methyl sites for hydroxylation is 5. The van der Waals surface area contributed by atoms with E-state index >= 15 is 0 Å². The number of anilines is 4. The van der Waals surface area contributed by atoms with Crippen molar-refractivity contribution in [1.29, 1.82) is 0 Å². The maximum atomic E-state index is 13.6. The average molecular weight is 1850 g/mol. The zero-order valence-corrected chi connectivity index (χ0v) is 66.3. The summed E-state index contributed by atoms with van der Waals surface area (Å²) in [5, 5.41) is 15.9. The van der Waals surface area contributed by atoms with E-state index in [1.54, 1.807) is 12.1 Å². The predicted molar refractivity (Wildman–Crippen MR) is 427 cm³/mol. The van der Waals surface area contributed by atoms with Crippen LogP contribution in [0.5, 0.6) is 46.0 Å². The number of carbonyl (C=O) groups is 4. The molecule has 4 N–H and O–H groups in total. The summed E-state index contributed by atoms with van der Waals surface area (Å²) in [6.07, 6.45) is -10.3. The number of ether oxygens (including phenoxy) is 8. The molecule has 4 aromatic carbocycles. The zero-order valence-electron chi connectivity index (χ0n) is 90.8. The number of nitrogens with zero attached hydrogens (tertiary/aromatic N) is 4. The number of carbonyl (C=O) groups excluding carboxylic acids is 4. The van der Waals surface area contributed by atoms with Crippen LogP contribution in [0.25, 0.3) is 0 Å². The number of benzene rings is 4. The Balaban J connectivity index is 0.000000168. The molecule has 1 unspecified atom stereocenters. The van der Waals surface area contributed by atoms with Gasteiger partial charge in [-0.1, -0.05) is 67.0 Å². The summed E-state index contributed by atoms with van der Waals surface area (Å²) < 4.78 is 438. The monoisotopic (exact) mass is 1850 g/mol. The molecule has 4 aliphatic rings. The van der Waals surface area contributed by atoms with E-state index in [-0.39, 0.29) is 38.4 Å². The molecule has 44 heteroatoms.